The molecule has 1 aromatic heterocycles. The molecule has 1 aromatic carbocycles. The number of amidine groups is 1. The molecule has 0 aliphatic rings. The van der Waals surface area contributed by atoms with Gasteiger partial charge in [-0.1, -0.05) is 11.6 Å². The van der Waals surface area contributed by atoms with Crippen molar-refractivity contribution in [1.29, 1.82) is 5.41 Å². The number of pyridine rings is 1. The van der Waals surface area contributed by atoms with Gasteiger partial charge in [-0.05, 0) is 28.1 Å². The van der Waals surface area contributed by atoms with E-state index in [-0.39, 0.29) is 22.5 Å². The van der Waals surface area contributed by atoms with Crippen molar-refractivity contribution in [2.75, 3.05) is 0 Å². The Hall–Kier alpha value is -1.66. The van der Waals surface area contributed by atoms with Crippen LogP contribution in [-0.2, 0) is 0 Å². The zero-order valence-corrected chi connectivity index (χ0v) is 11.8. The van der Waals surface area contributed by atoms with Gasteiger partial charge in [0.05, 0.1) is 9.50 Å². The second-order valence-corrected chi connectivity index (χ2v) is 4.86. The van der Waals surface area contributed by atoms with Crippen LogP contribution in [0.3, 0.4) is 0 Å². The highest BCUT2D eigenvalue weighted by Gasteiger charge is 2.10. The van der Waals surface area contributed by atoms with Crippen molar-refractivity contribution < 1.29 is 9.13 Å². The number of nitrogen functional groups attached to an aromatic ring is 1. The first-order valence-electron chi connectivity index (χ1n) is 5.10. The van der Waals surface area contributed by atoms with Crippen LogP contribution in [0.15, 0.2) is 34.9 Å². The average Bonchev–Trinajstić information content (AvgIpc) is 2.36. The van der Waals surface area contributed by atoms with Crippen LogP contribution in [0.2, 0.25) is 5.02 Å². The van der Waals surface area contributed by atoms with Gasteiger partial charge < -0.3 is 10.5 Å². The van der Waals surface area contributed by atoms with Gasteiger partial charge in [0.1, 0.15) is 17.4 Å². The van der Waals surface area contributed by atoms with Crippen molar-refractivity contribution in [2.24, 2.45) is 5.73 Å². The number of nitrogens with zero attached hydrogens (tertiary/aromatic N) is 1. The molecular weight excluding hydrogens is 337 g/mol. The number of benzene rings is 1. The van der Waals surface area contributed by atoms with Crippen LogP contribution in [0.25, 0.3) is 0 Å². The van der Waals surface area contributed by atoms with Gasteiger partial charge in [-0.25, -0.2) is 9.37 Å². The summed E-state index contributed by atoms with van der Waals surface area (Å²) in [5.74, 6) is -0.263. The Bertz CT molecular complexity index is 651. The third-order valence-electron chi connectivity index (χ3n) is 2.24. The molecule has 2 rings (SSSR count). The predicted molar refractivity (Wildman–Crippen MR) is 74.4 cm³/mol. The van der Waals surface area contributed by atoms with E-state index in [0.29, 0.717) is 10.0 Å². The van der Waals surface area contributed by atoms with E-state index in [9.17, 15) is 4.39 Å². The van der Waals surface area contributed by atoms with Gasteiger partial charge in [0.25, 0.3) is 0 Å². The fraction of sp³-hybridized carbons (Fsp3) is 0. The Labute approximate surface area is 122 Å². The first kappa shape index (κ1) is 13.8. The Morgan fingerprint density at radius 3 is 2.84 bits per heavy atom. The van der Waals surface area contributed by atoms with Crippen LogP contribution in [-0.4, -0.2) is 10.8 Å². The molecule has 0 bridgehead atoms. The standard InChI is InChI=1S/C12H8BrClFN3O/c13-7-4-8(14)9(15)5-10(7)19-11-3-6(12(16)17)1-2-18-11/h1-5H,(H3,16,17). The minimum atomic E-state index is -0.595. The third-order valence-corrected chi connectivity index (χ3v) is 3.14. The van der Waals surface area contributed by atoms with E-state index in [1.807, 2.05) is 0 Å². The highest BCUT2D eigenvalue weighted by atomic mass is 79.9. The number of aromatic nitrogens is 1. The van der Waals surface area contributed by atoms with E-state index in [2.05, 4.69) is 20.9 Å². The first-order valence-corrected chi connectivity index (χ1v) is 6.27. The minimum Gasteiger partial charge on any atom is -0.438 e. The van der Waals surface area contributed by atoms with E-state index in [4.69, 9.17) is 27.5 Å². The maximum Gasteiger partial charge on any atom is 0.219 e. The topological polar surface area (TPSA) is 72.0 Å². The van der Waals surface area contributed by atoms with Gasteiger partial charge in [0.2, 0.25) is 5.88 Å². The zero-order valence-electron chi connectivity index (χ0n) is 9.45. The molecule has 19 heavy (non-hydrogen) atoms. The molecule has 0 unspecified atom stereocenters. The highest BCUT2D eigenvalue weighted by molar-refractivity contribution is 9.10. The van der Waals surface area contributed by atoms with Gasteiger partial charge in [-0.2, -0.15) is 0 Å². The van der Waals surface area contributed by atoms with Gasteiger partial charge >= 0.3 is 0 Å². The van der Waals surface area contributed by atoms with Gasteiger partial charge in [0, 0.05) is 23.9 Å². The third kappa shape index (κ3) is 3.21. The Balaban J connectivity index is 2.33. The molecule has 0 aliphatic carbocycles. The van der Waals surface area contributed by atoms with Crippen LogP contribution >= 0.6 is 27.5 Å². The quantitative estimate of drug-likeness (QED) is 0.506. The molecule has 4 nitrogen and oxygen atoms in total. The van der Waals surface area contributed by atoms with Crippen molar-refractivity contribution in [3.05, 3.63) is 51.3 Å². The lowest BCUT2D eigenvalue weighted by Crippen LogP contribution is -2.11. The molecule has 2 aromatic rings. The summed E-state index contributed by atoms with van der Waals surface area (Å²) in [4.78, 5) is 3.96. The monoisotopic (exact) mass is 343 g/mol. The summed E-state index contributed by atoms with van der Waals surface area (Å²) in [7, 11) is 0. The lowest BCUT2D eigenvalue weighted by atomic mass is 10.2. The summed E-state index contributed by atoms with van der Waals surface area (Å²) in [6, 6.07) is 5.60. The summed E-state index contributed by atoms with van der Waals surface area (Å²) in [5.41, 5.74) is 5.83. The van der Waals surface area contributed by atoms with E-state index in [0.717, 1.165) is 6.07 Å². The van der Waals surface area contributed by atoms with E-state index in [1.54, 1.807) is 6.07 Å². The summed E-state index contributed by atoms with van der Waals surface area (Å²) < 4.78 is 19.3. The molecule has 98 valence electrons. The number of rotatable bonds is 3. The fourth-order valence-electron chi connectivity index (χ4n) is 1.33. The first-order chi connectivity index (χ1) is 8.97. The van der Waals surface area contributed by atoms with Crippen LogP contribution in [0, 0.1) is 11.2 Å². The van der Waals surface area contributed by atoms with E-state index >= 15 is 0 Å². The average molecular weight is 345 g/mol. The molecule has 0 spiro atoms. The predicted octanol–water partition coefficient (Wildman–Crippen LogP) is 3.71. The van der Waals surface area contributed by atoms with Crippen molar-refractivity contribution in [3.8, 4) is 11.6 Å². The van der Waals surface area contributed by atoms with Crippen molar-refractivity contribution in [1.82, 2.24) is 4.98 Å². The normalized spacial score (nSPS) is 10.3. The highest BCUT2D eigenvalue weighted by Crippen LogP contribution is 2.33. The summed E-state index contributed by atoms with van der Waals surface area (Å²) in [5, 5.41) is 7.31. The molecule has 0 radical (unpaired) electrons. The molecular formula is C12H8BrClFN3O. The minimum absolute atomic E-state index is 0.00956. The van der Waals surface area contributed by atoms with Gasteiger partial charge in [-0.3, -0.25) is 5.41 Å². The maximum absolute atomic E-state index is 13.4. The molecule has 3 N–H and O–H groups in total. The second-order valence-electron chi connectivity index (χ2n) is 3.60. The molecule has 0 aliphatic heterocycles. The van der Waals surface area contributed by atoms with Crippen molar-refractivity contribution in [3.63, 3.8) is 0 Å². The lowest BCUT2D eigenvalue weighted by molar-refractivity contribution is 0.455. The molecule has 0 saturated carbocycles. The number of halogens is 3. The van der Waals surface area contributed by atoms with Crippen LogP contribution < -0.4 is 10.5 Å². The number of nitrogens with one attached hydrogen (secondary N) is 1. The van der Waals surface area contributed by atoms with E-state index < -0.39 is 5.82 Å². The molecule has 0 atom stereocenters. The number of hydrogen-bond acceptors (Lipinski definition) is 3. The number of nitrogens with two attached hydrogens (primary N) is 1. The number of ether oxygens (including phenoxy) is 1. The smallest absolute Gasteiger partial charge is 0.219 e. The Kier molecular flexibility index (Phi) is 4.01. The summed E-state index contributed by atoms with van der Waals surface area (Å²) in [6.07, 6.45) is 1.45. The molecule has 0 saturated heterocycles. The van der Waals surface area contributed by atoms with Crippen LogP contribution in [0.1, 0.15) is 5.56 Å². The Morgan fingerprint density at radius 1 is 1.42 bits per heavy atom. The molecule has 0 amide bonds. The van der Waals surface area contributed by atoms with Crippen molar-refractivity contribution in [2.45, 2.75) is 0 Å². The molecule has 1 heterocycles. The van der Waals surface area contributed by atoms with Crippen LogP contribution in [0.5, 0.6) is 11.6 Å². The van der Waals surface area contributed by atoms with Gasteiger partial charge in [0.15, 0.2) is 0 Å². The summed E-state index contributed by atoms with van der Waals surface area (Å²) in [6.45, 7) is 0. The zero-order chi connectivity index (χ0) is 14.0. The Morgan fingerprint density at radius 2 is 2.16 bits per heavy atom. The largest absolute Gasteiger partial charge is 0.438 e. The molecule has 7 heteroatoms. The maximum atomic E-state index is 13.4. The second kappa shape index (κ2) is 5.54. The SMILES string of the molecule is N=C(N)c1ccnc(Oc2cc(F)c(Cl)cc2Br)c1. The van der Waals surface area contributed by atoms with E-state index in [1.165, 1.54) is 18.3 Å². The molecule has 0 fully saturated rings. The number of hydrogen-bond donors (Lipinski definition) is 2. The van der Waals surface area contributed by atoms with Gasteiger partial charge in [-0.15, -0.1) is 0 Å². The lowest BCUT2D eigenvalue weighted by Gasteiger charge is -2.08. The fourth-order valence-corrected chi connectivity index (χ4v) is 2.05. The van der Waals surface area contributed by atoms with Crippen molar-refractivity contribution >= 4 is 33.4 Å². The van der Waals surface area contributed by atoms with Crippen LogP contribution in [0.4, 0.5) is 4.39 Å². The summed E-state index contributed by atoms with van der Waals surface area (Å²) >= 11 is 8.85.